The number of tetrazole rings is 1. The first-order valence-electron chi connectivity index (χ1n) is 7.92. The number of carbonyl (C=O) groups excluding carboxylic acids is 1. The van der Waals surface area contributed by atoms with Gasteiger partial charge in [-0.05, 0) is 31.2 Å². The third-order valence-corrected chi connectivity index (χ3v) is 4.97. The zero-order valence-electron chi connectivity index (χ0n) is 14.0. The van der Waals surface area contributed by atoms with Gasteiger partial charge in [-0.25, -0.2) is 0 Å². The topological polar surface area (TPSA) is 63.9 Å². The smallest absolute Gasteiger partial charge is 0.246 e. The minimum absolute atomic E-state index is 0.0557. The normalized spacial score (nSPS) is 10.8. The fourth-order valence-corrected chi connectivity index (χ4v) is 3.45. The number of benzene rings is 1. The van der Waals surface area contributed by atoms with Gasteiger partial charge in [-0.3, -0.25) is 4.79 Å². The number of carbonyl (C=O) groups is 1. The van der Waals surface area contributed by atoms with Gasteiger partial charge in [-0.1, -0.05) is 41.4 Å². The van der Waals surface area contributed by atoms with E-state index in [0.717, 1.165) is 14.8 Å². The van der Waals surface area contributed by atoms with Crippen LogP contribution in [-0.2, 0) is 17.9 Å². The summed E-state index contributed by atoms with van der Waals surface area (Å²) in [4.78, 5) is 16.6. The van der Waals surface area contributed by atoms with Crippen LogP contribution in [0.3, 0.4) is 0 Å². The molecule has 0 N–H and O–H groups in total. The summed E-state index contributed by atoms with van der Waals surface area (Å²) in [5, 5.41) is 12.3. The highest BCUT2D eigenvalue weighted by atomic mass is 35.5. The van der Waals surface area contributed by atoms with E-state index in [1.807, 2.05) is 50.2 Å². The predicted molar refractivity (Wildman–Crippen MR) is 98.4 cm³/mol. The molecule has 0 unspecified atom stereocenters. The lowest BCUT2D eigenvalue weighted by atomic mass is 10.1. The van der Waals surface area contributed by atoms with Gasteiger partial charge in [0, 0.05) is 17.0 Å². The summed E-state index contributed by atoms with van der Waals surface area (Å²) in [6.45, 7) is 5.17. The third kappa shape index (κ3) is 4.43. The van der Waals surface area contributed by atoms with E-state index in [9.17, 15) is 4.79 Å². The Hall–Kier alpha value is -2.25. The molecule has 0 spiro atoms. The molecule has 0 fully saturated rings. The molecule has 0 saturated carbocycles. The summed E-state index contributed by atoms with van der Waals surface area (Å²) in [5.74, 6) is 0.459. The molecular formula is C17H18ClN5OS. The number of hydrogen-bond acceptors (Lipinski definition) is 5. The van der Waals surface area contributed by atoms with Crippen LogP contribution < -0.4 is 0 Å². The van der Waals surface area contributed by atoms with Gasteiger partial charge < -0.3 is 4.90 Å². The highest BCUT2D eigenvalue weighted by Crippen LogP contribution is 2.22. The van der Waals surface area contributed by atoms with E-state index in [4.69, 9.17) is 11.6 Å². The van der Waals surface area contributed by atoms with Gasteiger partial charge >= 0.3 is 0 Å². The van der Waals surface area contributed by atoms with E-state index < -0.39 is 0 Å². The minimum Gasteiger partial charge on any atom is -0.336 e. The van der Waals surface area contributed by atoms with Crippen LogP contribution in [-0.4, -0.2) is 37.6 Å². The maximum atomic E-state index is 12.5. The molecular weight excluding hydrogens is 358 g/mol. The lowest BCUT2D eigenvalue weighted by Crippen LogP contribution is -2.33. The zero-order valence-corrected chi connectivity index (χ0v) is 15.6. The Morgan fingerprint density at radius 2 is 2.00 bits per heavy atom. The number of amides is 1. The van der Waals surface area contributed by atoms with Crippen molar-refractivity contribution in [2.75, 3.05) is 6.54 Å². The fourth-order valence-electron chi connectivity index (χ4n) is 2.35. The summed E-state index contributed by atoms with van der Waals surface area (Å²) >= 11 is 7.43. The average molecular weight is 376 g/mol. The van der Waals surface area contributed by atoms with Crippen molar-refractivity contribution >= 4 is 28.8 Å². The SMILES string of the molecule is CCN(Cc1ccc(Cl)s1)C(=O)Cn1nnc(-c2ccc(C)cc2)n1. The summed E-state index contributed by atoms with van der Waals surface area (Å²) in [7, 11) is 0. The van der Waals surface area contributed by atoms with Crippen molar-refractivity contribution in [3.05, 3.63) is 51.2 Å². The first-order valence-corrected chi connectivity index (χ1v) is 9.11. The first kappa shape index (κ1) is 17.6. The second-order valence-corrected chi connectivity index (χ2v) is 7.42. The number of aromatic nitrogens is 4. The molecule has 0 aliphatic rings. The number of nitrogens with zero attached hydrogens (tertiary/aromatic N) is 5. The van der Waals surface area contributed by atoms with Crippen molar-refractivity contribution in [2.24, 2.45) is 0 Å². The molecule has 25 heavy (non-hydrogen) atoms. The Labute approximate surface area is 155 Å². The van der Waals surface area contributed by atoms with Gasteiger partial charge in [-0.15, -0.1) is 21.5 Å². The van der Waals surface area contributed by atoms with E-state index in [2.05, 4.69) is 15.4 Å². The largest absolute Gasteiger partial charge is 0.336 e. The molecule has 130 valence electrons. The predicted octanol–water partition coefficient (Wildman–Crippen LogP) is 3.41. The molecule has 0 saturated heterocycles. The van der Waals surface area contributed by atoms with Crippen LogP contribution >= 0.6 is 22.9 Å². The molecule has 0 aliphatic heterocycles. The standard InChI is InChI=1S/C17H18ClN5OS/c1-3-22(10-14-8-9-15(18)25-14)16(24)11-23-20-17(19-21-23)13-6-4-12(2)5-7-13/h4-9H,3,10-11H2,1-2H3. The van der Waals surface area contributed by atoms with Crippen molar-refractivity contribution in [1.82, 2.24) is 25.1 Å². The Balaban J connectivity index is 1.66. The summed E-state index contributed by atoms with van der Waals surface area (Å²) in [6.07, 6.45) is 0. The number of aryl methyl sites for hydroxylation is 1. The van der Waals surface area contributed by atoms with E-state index in [1.54, 1.807) is 4.90 Å². The molecule has 3 rings (SSSR count). The number of likely N-dealkylation sites (N-methyl/N-ethyl adjacent to an activating group) is 1. The Morgan fingerprint density at radius 1 is 1.24 bits per heavy atom. The van der Waals surface area contributed by atoms with Crippen LogP contribution in [0.1, 0.15) is 17.4 Å². The Morgan fingerprint density at radius 3 is 2.64 bits per heavy atom. The molecule has 0 bridgehead atoms. The Kier molecular flexibility index (Phi) is 5.45. The van der Waals surface area contributed by atoms with Gasteiger partial charge in [0.1, 0.15) is 6.54 Å². The molecule has 8 heteroatoms. The molecule has 0 radical (unpaired) electrons. The van der Waals surface area contributed by atoms with Crippen molar-refractivity contribution in [1.29, 1.82) is 0 Å². The lowest BCUT2D eigenvalue weighted by molar-refractivity contribution is -0.132. The third-order valence-electron chi connectivity index (χ3n) is 3.75. The quantitative estimate of drug-likeness (QED) is 0.662. The molecule has 2 aromatic heterocycles. The van der Waals surface area contributed by atoms with Crippen LogP contribution in [0.2, 0.25) is 4.34 Å². The second kappa shape index (κ2) is 7.76. The number of hydrogen-bond donors (Lipinski definition) is 0. The molecule has 0 atom stereocenters. The van der Waals surface area contributed by atoms with Crippen LogP contribution in [0, 0.1) is 6.92 Å². The highest BCUT2D eigenvalue weighted by Gasteiger charge is 2.16. The van der Waals surface area contributed by atoms with Gasteiger partial charge in [0.25, 0.3) is 0 Å². The molecule has 1 amide bonds. The maximum Gasteiger partial charge on any atom is 0.246 e. The summed E-state index contributed by atoms with van der Waals surface area (Å²) in [5.41, 5.74) is 2.04. The van der Waals surface area contributed by atoms with E-state index in [0.29, 0.717) is 18.9 Å². The van der Waals surface area contributed by atoms with E-state index in [-0.39, 0.29) is 12.5 Å². The lowest BCUT2D eigenvalue weighted by Gasteiger charge is -2.19. The van der Waals surface area contributed by atoms with Gasteiger partial charge in [0.05, 0.1) is 10.9 Å². The van der Waals surface area contributed by atoms with E-state index in [1.165, 1.54) is 21.7 Å². The summed E-state index contributed by atoms with van der Waals surface area (Å²) in [6, 6.07) is 11.6. The number of halogens is 1. The zero-order chi connectivity index (χ0) is 17.8. The van der Waals surface area contributed by atoms with Gasteiger partial charge in [-0.2, -0.15) is 4.80 Å². The molecule has 1 aromatic carbocycles. The van der Waals surface area contributed by atoms with E-state index >= 15 is 0 Å². The average Bonchev–Trinajstić information content (AvgIpc) is 3.22. The monoisotopic (exact) mass is 375 g/mol. The first-order chi connectivity index (χ1) is 12.0. The second-order valence-electron chi connectivity index (χ2n) is 5.62. The number of rotatable bonds is 6. The van der Waals surface area contributed by atoms with Crippen LogP contribution in [0.25, 0.3) is 11.4 Å². The van der Waals surface area contributed by atoms with Crippen LogP contribution in [0.4, 0.5) is 0 Å². The van der Waals surface area contributed by atoms with Gasteiger partial charge in [0.15, 0.2) is 0 Å². The highest BCUT2D eigenvalue weighted by molar-refractivity contribution is 7.16. The van der Waals surface area contributed by atoms with Crippen molar-refractivity contribution in [3.63, 3.8) is 0 Å². The van der Waals surface area contributed by atoms with Gasteiger partial charge in [0.2, 0.25) is 11.7 Å². The molecule has 0 aliphatic carbocycles. The van der Waals surface area contributed by atoms with Crippen molar-refractivity contribution < 1.29 is 4.79 Å². The van der Waals surface area contributed by atoms with Crippen LogP contribution in [0.5, 0.6) is 0 Å². The number of thiophene rings is 1. The molecule has 6 nitrogen and oxygen atoms in total. The van der Waals surface area contributed by atoms with Crippen molar-refractivity contribution in [2.45, 2.75) is 26.9 Å². The molecule has 2 heterocycles. The fraction of sp³-hybridized carbons (Fsp3) is 0.294. The van der Waals surface area contributed by atoms with Crippen LogP contribution in [0.15, 0.2) is 36.4 Å². The maximum absolute atomic E-state index is 12.5. The summed E-state index contributed by atoms with van der Waals surface area (Å²) < 4.78 is 0.721. The Bertz CT molecular complexity index is 858. The minimum atomic E-state index is -0.0557. The van der Waals surface area contributed by atoms with Crippen molar-refractivity contribution in [3.8, 4) is 11.4 Å². The molecule has 3 aromatic rings.